The van der Waals surface area contributed by atoms with Crippen molar-refractivity contribution in [3.63, 3.8) is 0 Å². The third-order valence-corrected chi connectivity index (χ3v) is 8.51. The van der Waals surface area contributed by atoms with Crippen molar-refractivity contribution in [2.24, 2.45) is 0 Å². The summed E-state index contributed by atoms with van der Waals surface area (Å²) in [4.78, 5) is 14.8. The van der Waals surface area contributed by atoms with Crippen LogP contribution in [0.1, 0.15) is 35.4 Å². The van der Waals surface area contributed by atoms with E-state index in [1.807, 2.05) is 13.0 Å². The number of aromatic nitrogens is 3. The van der Waals surface area contributed by atoms with Crippen molar-refractivity contribution >= 4 is 17.0 Å². The molecule has 0 atom stereocenters. The molecule has 2 saturated heterocycles. The first-order valence-electron chi connectivity index (χ1n) is 15.1. The maximum Gasteiger partial charge on any atom is 0.204 e. The summed E-state index contributed by atoms with van der Waals surface area (Å²) in [6.07, 6.45) is 4.13. The van der Waals surface area contributed by atoms with E-state index in [2.05, 4.69) is 73.2 Å². The van der Waals surface area contributed by atoms with Gasteiger partial charge in [0.05, 0.1) is 30.8 Å². The number of fused-ring (bicyclic) bond motifs is 1. The monoisotopic (exact) mass is 554 g/mol. The first kappa shape index (κ1) is 27.7. The van der Waals surface area contributed by atoms with Gasteiger partial charge in [-0.15, -0.1) is 0 Å². The number of imidazole rings is 1. The molecule has 41 heavy (non-hydrogen) atoms. The fourth-order valence-corrected chi connectivity index (χ4v) is 5.99. The fourth-order valence-electron chi connectivity index (χ4n) is 5.99. The first-order valence-corrected chi connectivity index (χ1v) is 15.1. The number of aryl methyl sites for hydroxylation is 3. The van der Waals surface area contributed by atoms with Gasteiger partial charge in [-0.2, -0.15) is 0 Å². The van der Waals surface area contributed by atoms with E-state index in [0.29, 0.717) is 18.3 Å². The topological polar surface area (TPSA) is 78.7 Å². The molecule has 0 bridgehead atoms. The molecule has 0 spiro atoms. The average Bonchev–Trinajstić information content (AvgIpc) is 3.34. The summed E-state index contributed by atoms with van der Waals surface area (Å²) in [5.74, 6) is 1.08. The molecule has 0 saturated carbocycles. The van der Waals surface area contributed by atoms with Gasteiger partial charge in [0.1, 0.15) is 11.4 Å². The molecular weight excluding hydrogens is 512 g/mol. The molecule has 0 unspecified atom stereocenters. The number of nitrogens with one attached hydrogen (secondary N) is 1. The van der Waals surface area contributed by atoms with Crippen molar-refractivity contribution in [3.05, 3.63) is 83.2 Å². The summed E-state index contributed by atoms with van der Waals surface area (Å²) < 4.78 is 7.69. The van der Waals surface area contributed by atoms with Crippen LogP contribution >= 0.6 is 0 Å². The van der Waals surface area contributed by atoms with E-state index >= 15 is 0 Å². The summed E-state index contributed by atoms with van der Waals surface area (Å²) in [6, 6.07) is 21.2. The van der Waals surface area contributed by atoms with E-state index in [-0.39, 0.29) is 5.75 Å². The molecule has 6 rings (SSSR count). The lowest BCUT2D eigenvalue weighted by Crippen LogP contribution is -2.45. The second-order valence-electron chi connectivity index (χ2n) is 11.5. The lowest BCUT2D eigenvalue weighted by Gasteiger charge is -2.34. The second-order valence-corrected chi connectivity index (χ2v) is 11.5. The highest BCUT2D eigenvalue weighted by molar-refractivity contribution is 5.79. The molecule has 2 aliphatic rings. The van der Waals surface area contributed by atoms with Crippen molar-refractivity contribution in [2.75, 3.05) is 57.8 Å². The number of hydrogen-bond acceptors (Lipinski definition) is 7. The van der Waals surface area contributed by atoms with Gasteiger partial charge in [0.2, 0.25) is 5.95 Å². The van der Waals surface area contributed by atoms with Gasteiger partial charge in [-0.3, -0.25) is 9.88 Å². The van der Waals surface area contributed by atoms with Crippen molar-refractivity contribution in [1.29, 1.82) is 0 Å². The largest absolute Gasteiger partial charge is 0.506 e. The quantitative estimate of drug-likeness (QED) is 0.299. The summed E-state index contributed by atoms with van der Waals surface area (Å²) in [5, 5.41) is 14.4. The maximum absolute atomic E-state index is 10.6. The molecule has 4 heterocycles. The van der Waals surface area contributed by atoms with Gasteiger partial charge in [0.25, 0.3) is 0 Å². The number of benzene rings is 2. The van der Waals surface area contributed by atoms with Crippen molar-refractivity contribution in [2.45, 2.75) is 45.2 Å². The molecule has 0 aliphatic carbocycles. The average molecular weight is 555 g/mol. The summed E-state index contributed by atoms with van der Waals surface area (Å²) in [7, 11) is 0. The third kappa shape index (κ3) is 7.07. The van der Waals surface area contributed by atoms with E-state index in [4.69, 9.17) is 9.72 Å². The summed E-state index contributed by atoms with van der Waals surface area (Å²) in [5.41, 5.74) is 6.22. The van der Waals surface area contributed by atoms with Crippen LogP contribution in [0, 0.1) is 6.92 Å². The number of anilines is 1. The Bertz CT molecular complexity index is 1420. The minimum absolute atomic E-state index is 0.220. The molecule has 216 valence electrons. The zero-order valence-corrected chi connectivity index (χ0v) is 24.1. The van der Waals surface area contributed by atoms with Gasteiger partial charge in [0, 0.05) is 51.0 Å². The van der Waals surface area contributed by atoms with Gasteiger partial charge in [0.15, 0.2) is 0 Å². The minimum atomic E-state index is 0.220. The van der Waals surface area contributed by atoms with Crippen molar-refractivity contribution in [3.8, 4) is 5.75 Å². The van der Waals surface area contributed by atoms with Crippen LogP contribution < -0.4 is 5.32 Å². The number of ether oxygens (including phenoxy) is 1. The summed E-state index contributed by atoms with van der Waals surface area (Å²) >= 11 is 0. The van der Waals surface area contributed by atoms with Crippen LogP contribution in [0.3, 0.4) is 0 Å². The molecule has 4 aromatic rings. The van der Waals surface area contributed by atoms with Gasteiger partial charge >= 0.3 is 0 Å². The molecular formula is C33H42N6O2. The number of morpholine rings is 1. The van der Waals surface area contributed by atoms with Crippen molar-refractivity contribution < 1.29 is 9.84 Å². The molecule has 8 nitrogen and oxygen atoms in total. The van der Waals surface area contributed by atoms with Crippen LogP contribution in [-0.2, 0) is 24.1 Å². The van der Waals surface area contributed by atoms with Gasteiger partial charge in [-0.25, -0.2) is 4.98 Å². The number of piperidine rings is 1. The van der Waals surface area contributed by atoms with E-state index in [0.717, 1.165) is 101 Å². The Morgan fingerprint density at radius 3 is 2.37 bits per heavy atom. The fraction of sp³-hybridized carbons (Fsp3) is 0.455. The molecule has 8 heteroatoms. The minimum Gasteiger partial charge on any atom is -0.506 e. The Morgan fingerprint density at radius 1 is 0.854 bits per heavy atom. The number of likely N-dealkylation sites (tertiary alicyclic amines) is 1. The van der Waals surface area contributed by atoms with Crippen LogP contribution in [0.25, 0.3) is 11.0 Å². The third-order valence-electron chi connectivity index (χ3n) is 8.51. The van der Waals surface area contributed by atoms with E-state index in [9.17, 15) is 5.11 Å². The lowest BCUT2D eigenvalue weighted by molar-refractivity contribution is 0.0322. The van der Waals surface area contributed by atoms with Gasteiger partial charge < -0.3 is 24.6 Å². The number of nitrogens with zero attached hydrogens (tertiary/aromatic N) is 5. The molecule has 0 amide bonds. The molecule has 0 radical (unpaired) electrons. The highest BCUT2D eigenvalue weighted by Gasteiger charge is 2.23. The van der Waals surface area contributed by atoms with Crippen molar-refractivity contribution in [1.82, 2.24) is 24.3 Å². The Morgan fingerprint density at radius 2 is 1.59 bits per heavy atom. The van der Waals surface area contributed by atoms with Crippen LogP contribution in [-0.4, -0.2) is 88.0 Å². The maximum atomic E-state index is 10.6. The number of aromatic hydroxyl groups is 1. The standard InChI is InChI=1S/C33H42N6O2/c1-25-7-12-32(40)30(34-25)24-39-31-23-27(9-8-26-5-3-2-4-6-26)10-11-29(31)36-33(39)35-28-13-15-37(16-14-28)17-18-38-19-21-41-22-20-38/h2-7,10-12,23,28,40H,8-9,13-22,24H2,1H3,(H,35,36). The smallest absolute Gasteiger partial charge is 0.204 e. The van der Waals surface area contributed by atoms with E-state index in [1.54, 1.807) is 6.07 Å². The summed E-state index contributed by atoms with van der Waals surface area (Å²) in [6.45, 7) is 10.7. The highest BCUT2D eigenvalue weighted by atomic mass is 16.5. The molecule has 2 aromatic heterocycles. The Labute approximate surface area is 243 Å². The number of hydrogen-bond donors (Lipinski definition) is 2. The van der Waals surface area contributed by atoms with Crippen LogP contribution in [0.15, 0.2) is 60.7 Å². The molecule has 2 aromatic carbocycles. The predicted octanol–water partition coefficient (Wildman–Crippen LogP) is 4.49. The normalized spacial score (nSPS) is 17.3. The molecule has 2 aliphatic heterocycles. The van der Waals surface area contributed by atoms with Crippen LogP contribution in [0.2, 0.25) is 0 Å². The molecule has 2 N–H and O–H groups in total. The SMILES string of the molecule is Cc1ccc(O)c(Cn2c(NC3CCN(CCN4CCOCC4)CC3)nc3ccc(CCc4ccccc4)cc32)n1. The zero-order chi connectivity index (χ0) is 28.0. The van der Waals surface area contributed by atoms with Gasteiger partial charge in [-0.05, 0) is 68.0 Å². The molecule has 2 fully saturated rings. The second kappa shape index (κ2) is 13.0. The Hall–Kier alpha value is -3.46. The lowest BCUT2D eigenvalue weighted by atomic mass is 10.0. The van der Waals surface area contributed by atoms with Crippen LogP contribution in [0.5, 0.6) is 5.75 Å². The van der Waals surface area contributed by atoms with E-state index < -0.39 is 0 Å². The number of rotatable bonds is 10. The Kier molecular flexibility index (Phi) is 8.80. The highest BCUT2D eigenvalue weighted by Crippen LogP contribution is 2.27. The van der Waals surface area contributed by atoms with E-state index in [1.165, 1.54) is 11.1 Å². The predicted molar refractivity (Wildman–Crippen MR) is 164 cm³/mol. The number of pyridine rings is 1. The zero-order valence-electron chi connectivity index (χ0n) is 24.1. The first-order chi connectivity index (χ1) is 20.1. The van der Waals surface area contributed by atoms with Gasteiger partial charge in [-0.1, -0.05) is 36.4 Å². The Balaban J connectivity index is 1.18. The van der Waals surface area contributed by atoms with Crippen LogP contribution in [0.4, 0.5) is 5.95 Å².